The summed E-state index contributed by atoms with van der Waals surface area (Å²) in [5.41, 5.74) is -0.419. The van der Waals surface area contributed by atoms with Crippen molar-refractivity contribution in [3.05, 3.63) is 0 Å². The molecule has 0 radical (unpaired) electrons. The van der Waals surface area contributed by atoms with Crippen LogP contribution in [0.15, 0.2) is 4.99 Å². The lowest BCUT2D eigenvalue weighted by Gasteiger charge is -2.23. The van der Waals surface area contributed by atoms with Gasteiger partial charge in [-0.2, -0.15) is 0 Å². The van der Waals surface area contributed by atoms with E-state index in [-0.39, 0.29) is 5.91 Å². The van der Waals surface area contributed by atoms with Crippen LogP contribution in [0.1, 0.15) is 33.1 Å². The Morgan fingerprint density at radius 3 is 2.82 bits per heavy atom. The fourth-order valence-electron chi connectivity index (χ4n) is 2.56. The number of nitrogens with one attached hydrogen (secondary N) is 2. The highest BCUT2D eigenvalue weighted by atomic mass is 16.2. The molecule has 1 unspecified atom stereocenters. The highest BCUT2D eigenvalue weighted by Crippen LogP contribution is 2.28. The third kappa shape index (κ3) is 1.92. The van der Waals surface area contributed by atoms with Gasteiger partial charge in [-0.1, -0.05) is 0 Å². The van der Waals surface area contributed by atoms with Crippen LogP contribution in [-0.2, 0) is 4.79 Å². The van der Waals surface area contributed by atoms with Gasteiger partial charge in [0.2, 0.25) is 0 Å². The van der Waals surface area contributed by atoms with Crippen LogP contribution in [0.3, 0.4) is 0 Å². The molecule has 0 aromatic carbocycles. The third-order valence-corrected chi connectivity index (χ3v) is 3.91. The van der Waals surface area contributed by atoms with E-state index in [2.05, 4.69) is 34.4 Å². The van der Waals surface area contributed by atoms with Gasteiger partial charge in [-0.3, -0.25) is 15.0 Å². The van der Waals surface area contributed by atoms with Crippen molar-refractivity contribution in [2.75, 3.05) is 13.1 Å². The Kier molecular flexibility index (Phi) is 2.40. The first-order chi connectivity index (χ1) is 8.09. The minimum atomic E-state index is -0.419. The smallest absolute Gasteiger partial charge is 0.253 e. The maximum Gasteiger partial charge on any atom is 0.253 e. The molecule has 3 aliphatic rings. The van der Waals surface area contributed by atoms with Crippen LogP contribution in [0.5, 0.6) is 0 Å². The number of carbonyl (C=O) groups excluding carboxylic acids is 1. The fourth-order valence-corrected chi connectivity index (χ4v) is 2.56. The van der Waals surface area contributed by atoms with Crippen molar-refractivity contribution in [1.29, 1.82) is 0 Å². The molecule has 0 aromatic rings. The first kappa shape index (κ1) is 11.0. The second-order valence-electron chi connectivity index (χ2n) is 5.68. The number of likely N-dealkylation sites (tertiary alicyclic amines) is 1. The topological polar surface area (TPSA) is 56.7 Å². The number of hydrogen-bond acceptors (Lipinski definition) is 3. The zero-order chi connectivity index (χ0) is 12.0. The normalized spacial score (nSPS) is 35.9. The van der Waals surface area contributed by atoms with E-state index in [0.29, 0.717) is 18.0 Å². The molecular weight excluding hydrogens is 216 g/mol. The van der Waals surface area contributed by atoms with Gasteiger partial charge in [0, 0.05) is 19.1 Å². The molecule has 2 saturated heterocycles. The number of nitrogens with zero attached hydrogens (tertiary/aromatic N) is 2. The monoisotopic (exact) mass is 236 g/mol. The Morgan fingerprint density at radius 1 is 1.47 bits per heavy atom. The summed E-state index contributed by atoms with van der Waals surface area (Å²) in [6.07, 6.45) is 3.19. The first-order valence-corrected chi connectivity index (χ1v) is 6.50. The van der Waals surface area contributed by atoms with E-state index in [1.165, 1.54) is 0 Å². The van der Waals surface area contributed by atoms with Crippen LogP contribution in [0.2, 0.25) is 0 Å². The van der Waals surface area contributed by atoms with E-state index in [4.69, 9.17) is 0 Å². The summed E-state index contributed by atoms with van der Waals surface area (Å²) in [5.74, 6) is 0.795. The molecule has 2 aliphatic heterocycles. The minimum Gasteiger partial charge on any atom is -0.340 e. The van der Waals surface area contributed by atoms with E-state index in [1.54, 1.807) is 0 Å². The Labute approximate surface area is 102 Å². The first-order valence-electron chi connectivity index (χ1n) is 6.50. The van der Waals surface area contributed by atoms with Gasteiger partial charge in [0.05, 0.1) is 6.04 Å². The van der Waals surface area contributed by atoms with Gasteiger partial charge >= 0.3 is 0 Å². The summed E-state index contributed by atoms with van der Waals surface area (Å²) in [6.45, 7) is 6.12. The average Bonchev–Trinajstić information content (AvgIpc) is 2.88. The van der Waals surface area contributed by atoms with Crippen LogP contribution < -0.4 is 10.6 Å². The van der Waals surface area contributed by atoms with Crippen LogP contribution in [0.4, 0.5) is 0 Å². The molecule has 94 valence electrons. The summed E-state index contributed by atoms with van der Waals surface area (Å²) in [7, 11) is 0. The van der Waals surface area contributed by atoms with Gasteiger partial charge in [0.25, 0.3) is 5.91 Å². The number of hydrogen-bond donors (Lipinski definition) is 2. The van der Waals surface area contributed by atoms with Crippen LogP contribution in [-0.4, -0.2) is 47.5 Å². The van der Waals surface area contributed by atoms with Crippen molar-refractivity contribution >= 4 is 11.9 Å². The molecule has 3 fully saturated rings. The Morgan fingerprint density at radius 2 is 2.24 bits per heavy atom. The van der Waals surface area contributed by atoms with Crippen LogP contribution in [0.25, 0.3) is 0 Å². The van der Waals surface area contributed by atoms with E-state index < -0.39 is 5.54 Å². The van der Waals surface area contributed by atoms with E-state index >= 15 is 0 Å². The number of guanidine groups is 1. The van der Waals surface area contributed by atoms with Crippen LogP contribution in [0, 0.1) is 0 Å². The van der Waals surface area contributed by atoms with Gasteiger partial charge in [-0.25, -0.2) is 4.99 Å². The summed E-state index contributed by atoms with van der Waals surface area (Å²) in [4.78, 5) is 18.9. The predicted molar refractivity (Wildman–Crippen MR) is 65.8 cm³/mol. The number of amides is 1. The molecule has 3 rings (SSSR count). The van der Waals surface area contributed by atoms with Crippen molar-refractivity contribution in [2.24, 2.45) is 4.99 Å². The second kappa shape index (κ2) is 3.70. The lowest BCUT2D eigenvalue weighted by atomic mass is 9.99. The van der Waals surface area contributed by atoms with Gasteiger partial charge in [-0.15, -0.1) is 0 Å². The molecule has 1 amide bonds. The fraction of sp³-hybridized carbons (Fsp3) is 0.833. The molecule has 0 bridgehead atoms. The molecule has 5 heteroatoms. The molecule has 2 heterocycles. The van der Waals surface area contributed by atoms with Crippen molar-refractivity contribution in [3.63, 3.8) is 0 Å². The zero-order valence-electron chi connectivity index (χ0n) is 10.5. The summed E-state index contributed by atoms with van der Waals surface area (Å²) >= 11 is 0. The van der Waals surface area contributed by atoms with Crippen LogP contribution >= 0.6 is 0 Å². The minimum absolute atomic E-state index is 0.0973. The SMILES string of the molecule is CC(C)N1CCC2(C1)NC(=NC1CC1)NC2=O. The molecular formula is C12H20N4O. The van der Waals surface area contributed by atoms with Crippen molar-refractivity contribution in [2.45, 2.75) is 50.7 Å². The van der Waals surface area contributed by atoms with Gasteiger partial charge in [0.1, 0.15) is 5.54 Å². The molecule has 1 saturated carbocycles. The Balaban J connectivity index is 1.73. The lowest BCUT2D eigenvalue weighted by Crippen LogP contribution is -2.49. The van der Waals surface area contributed by atoms with E-state index in [0.717, 1.165) is 32.4 Å². The number of aliphatic imine (C=N–C) groups is 1. The zero-order valence-corrected chi connectivity index (χ0v) is 10.5. The summed E-state index contributed by atoms with van der Waals surface area (Å²) < 4.78 is 0. The largest absolute Gasteiger partial charge is 0.340 e. The molecule has 5 nitrogen and oxygen atoms in total. The highest BCUT2D eigenvalue weighted by Gasteiger charge is 2.50. The molecule has 1 spiro atoms. The standard InChI is InChI=1S/C12H20N4O/c1-8(2)16-6-5-12(7-16)10(17)14-11(15-12)13-9-3-4-9/h8-9H,3-7H2,1-2H3,(H2,13,14,15,17). The second-order valence-corrected chi connectivity index (χ2v) is 5.68. The molecule has 0 aromatic heterocycles. The van der Waals surface area contributed by atoms with Gasteiger partial charge in [-0.05, 0) is 33.1 Å². The number of rotatable bonds is 2. The maximum absolute atomic E-state index is 12.1. The summed E-state index contributed by atoms with van der Waals surface area (Å²) in [6, 6.07) is 0.934. The van der Waals surface area contributed by atoms with Gasteiger partial charge < -0.3 is 5.32 Å². The molecule has 2 N–H and O–H groups in total. The average molecular weight is 236 g/mol. The Hall–Kier alpha value is -1.10. The predicted octanol–water partition coefficient (Wildman–Crippen LogP) is 0.0771. The van der Waals surface area contributed by atoms with Crippen molar-refractivity contribution < 1.29 is 4.79 Å². The van der Waals surface area contributed by atoms with Gasteiger partial charge in [0.15, 0.2) is 5.96 Å². The molecule has 1 atom stereocenters. The van der Waals surface area contributed by atoms with Crippen molar-refractivity contribution in [3.8, 4) is 0 Å². The molecule has 17 heavy (non-hydrogen) atoms. The maximum atomic E-state index is 12.1. The van der Waals surface area contributed by atoms with E-state index in [9.17, 15) is 4.79 Å². The quantitative estimate of drug-likeness (QED) is 0.714. The summed E-state index contributed by atoms with van der Waals surface area (Å²) in [5, 5.41) is 6.21. The van der Waals surface area contributed by atoms with Crippen molar-refractivity contribution in [1.82, 2.24) is 15.5 Å². The third-order valence-electron chi connectivity index (χ3n) is 3.91. The molecule has 1 aliphatic carbocycles. The number of carbonyl (C=O) groups is 1. The van der Waals surface area contributed by atoms with E-state index in [1.807, 2.05) is 0 Å². The lowest BCUT2D eigenvalue weighted by molar-refractivity contribution is -0.123. The highest BCUT2D eigenvalue weighted by molar-refractivity contribution is 6.09. The Bertz CT molecular complexity index is 375.